The van der Waals surface area contributed by atoms with E-state index in [1.54, 1.807) is 0 Å². The van der Waals surface area contributed by atoms with Crippen molar-refractivity contribution >= 4 is 68.9 Å². The lowest BCUT2D eigenvalue weighted by atomic mass is 9.81. The van der Waals surface area contributed by atoms with Gasteiger partial charge in [0.1, 0.15) is 0 Å². The van der Waals surface area contributed by atoms with Crippen molar-refractivity contribution in [3.63, 3.8) is 0 Å². The molecule has 9 rings (SSSR count). The molecule has 3 heteroatoms. The van der Waals surface area contributed by atoms with Crippen molar-refractivity contribution in [3.05, 3.63) is 187 Å². The summed E-state index contributed by atoms with van der Waals surface area (Å²) >= 11 is 0. The van der Waals surface area contributed by atoms with E-state index < -0.39 is 8.07 Å². The van der Waals surface area contributed by atoms with Crippen LogP contribution in [-0.4, -0.2) is 8.07 Å². The second-order valence-electron chi connectivity index (χ2n) is 15.8. The number of hydrogen-bond acceptors (Lipinski definition) is 2. The summed E-state index contributed by atoms with van der Waals surface area (Å²) in [4.78, 5) is 4.88. The maximum Gasteiger partial charge on any atom is 0.0784 e. The molecule has 0 unspecified atom stereocenters. The highest BCUT2D eigenvalue weighted by Gasteiger charge is 2.38. The first kappa shape index (κ1) is 33.0. The van der Waals surface area contributed by atoms with Crippen LogP contribution < -0.4 is 15.0 Å². The third kappa shape index (κ3) is 5.46. The standard InChI is InChI=1S/C50H44N2Si/c1-50(2)44-33-38(52(37-23-13-8-14-24-37)46-31-32-48(53(3,4)5)41-27-17-15-25-39(41)46)29-30-43(44)49-42-28-18-16-26-40(42)47(34-45(49)50)51(35-19-9-6-10-20-35)36-21-11-7-12-22-36/h6-34H,1-5H3. The maximum atomic E-state index is 2.47. The van der Waals surface area contributed by atoms with Gasteiger partial charge in [-0.05, 0) is 93.7 Å². The molecule has 1 aliphatic carbocycles. The van der Waals surface area contributed by atoms with Gasteiger partial charge < -0.3 is 9.80 Å². The molecule has 0 atom stereocenters. The lowest BCUT2D eigenvalue weighted by Crippen LogP contribution is -2.38. The van der Waals surface area contributed by atoms with Crippen LogP contribution in [-0.2, 0) is 5.41 Å². The van der Waals surface area contributed by atoms with E-state index in [0.717, 1.165) is 17.1 Å². The van der Waals surface area contributed by atoms with Crippen LogP contribution in [0.2, 0.25) is 19.6 Å². The monoisotopic (exact) mass is 700 g/mol. The number of benzene rings is 8. The van der Waals surface area contributed by atoms with E-state index in [9.17, 15) is 0 Å². The number of nitrogens with zero attached hydrogens (tertiary/aromatic N) is 2. The number of para-hydroxylation sites is 3. The number of anilines is 6. The minimum absolute atomic E-state index is 0.245. The largest absolute Gasteiger partial charge is 0.310 e. The molecule has 2 nitrogen and oxygen atoms in total. The van der Waals surface area contributed by atoms with E-state index in [0.29, 0.717) is 0 Å². The average molecular weight is 701 g/mol. The van der Waals surface area contributed by atoms with Gasteiger partial charge in [0.15, 0.2) is 0 Å². The SMILES string of the molecule is CC1(C)c2cc(N(c3ccccc3)c3ccc([Si](C)(C)C)c4ccccc34)ccc2-c2c1cc(N(c1ccccc1)c1ccccc1)c1ccccc21. The fourth-order valence-electron chi connectivity index (χ4n) is 8.59. The lowest BCUT2D eigenvalue weighted by molar-refractivity contribution is 0.661. The molecule has 53 heavy (non-hydrogen) atoms. The molecular weight excluding hydrogens is 657 g/mol. The molecular formula is C50H44N2Si. The second-order valence-corrected chi connectivity index (χ2v) is 20.9. The van der Waals surface area contributed by atoms with Gasteiger partial charge in [-0.25, -0.2) is 0 Å². The molecule has 0 amide bonds. The number of fused-ring (bicyclic) bond motifs is 6. The molecule has 8 aromatic rings. The van der Waals surface area contributed by atoms with E-state index >= 15 is 0 Å². The van der Waals surface area contributed by atoms with Crippen LogP contribution in [0.5, 0.6) is 0 Å². The molecule has 0 aliphatic heterocycles. The molecule has 0 bridgehead atoms. The summed E-state index contributed by atoms with van der Waals surface area (Å²) in [5, 5.41) is 6.67. The third-order valence-corrected chi connectivity index (χ3v) is 13.2. The van der Waals surface area contributed by atoms with Crippen molar-refractivity contribution in [2.24, 2.45) is 0 Å². The Morgan fingerprint density at radius 1 is 0.396 bits per heavy atom. The predicted octanol–water partition coefficient (Wildman–Crippen LogP) is 13.8. The van der Waals surface area contributed by atoms with Gasteiger partial charge in [0.2, 0.25) is 0 Å². The minimum atomic E-state index is -1.58. The molecule has 258 valence electrons. The average Bonchev–Trinajstić information content (AvgIpc) is 3.41. The molecule has 8 aromatic carbocycles. The normalized spacial score (nSPS) is 13.2. The van der Waals surface area contributed by atoms with Gasteiger partial charge in [0.05, 0.1) is 19.4 Å². The van der Waals surface area contributed by atoms with Crippen molar-refractivity contribution in [2.45, 2.75) is 38.9 Å². The highest BCUT2D eigenvalue weighted by molar-refractivity contribution is 6.90. The molecule has 0 N–H and O–H groups in total. The first-order valence-corrected chi connectivity index (χ1v) is 22.2. The van der Waals surface area contributed by atoms with Crippen LogP contribution in [0.4, 0.5) is 34.1 Å². The fraction of sp³-hybridized carbons (Fsp3) is 0.120. The summed E-state index contributed by atoms with van der Waals surface area (Å²) in [5.41, 5.74) is 12.1. The van der Waals surface area contributed by atoms with Crippen molar-refractivity contribution < 1.29 is 0 Å². The van der Waals surface area contributed by atoms with E-state index in [1.807, 2.05) is 0 Å². The highest BCUT2D eigenvalue weighted by Crippen LogP contribution is 2.55. The molecule has 0 spiro atoms. The van der Waals surface area contributed by atoms with Gasteiger partial charge in [-0.2, -0.15) is 0 Å². The summed E-state index contributed by atoms with van der Waals surface area (Å²) in [6.07, 6.45) is 0. The van der Waals surface area contributed by atoms with E-state index in [-0.39, 0.29) is 5.41 Å². The summed E-state index contributed by atoms with van der Waals surface area (Å²) in [7, 11) is -1.58. The van der Waals surface area contributed by atoms with E-state index in [2.05, 4.69) is 219 Å². The van der Waals surface area contributed by atoms with Gasteiger partial charge in [0, 0.05) is 38.9 Å². The maximum absolute atomic E-state index is 2.47. The Bertz CT molecular complexity index is 2580. The van der Waals surface area contributed by atoms with Crippen LogP contribution in [0, 0.1) is 0 Å². The molecule has 0 radical (unpaired) electrons. The predicted molar refractivity (Wildman–Crippen MR) is 231 cm³/mol. The molecule has 0 saturated heterocycles. The highest BCUT2D eigenvalue weighted by atomic mass is 28.3. The van der Waals surface area contributed by atoms with E-state index in [1.165, 1.54) is 66.0 Å². The second kappa shape index (κ2) is 12.6. The fourth-order valence-corrected chi connectivity index (χ4v) is 10.2. The van der Waals surface area contributed by atoms with Gasteiger partial charge in [0.25, 0.3) is 0 Å². The Labute approximate surface area is 314 Å². The van der Waals surface area contributed by atoms with Gasteiger partial charge >= 0.3 is 0 Å². The van der Waals surface area contributed by atoms with Crippen molar-refractivity contribution in [3.8, 4) is 11.1 Å². The third-order valence-electron chi connectivity index (χ3n) is 11.1. The van der Waals surface area contributed by atoms with Crippen LogP contribution >= 0.6 is 0 Å². The first-order chi connectivity index (χ1) is 25.7. The van der Waals surface area contributed by atoms with Crippen LogP contribution in [0.15, 0.2) is 176 Å². The van der Waals surface area contributed by atoms with Crippen LogP contribution in [0.1, 0.15) is 25.0 Å². The Morgan fingerprint density at radius 3 is 1.42 bits per heavy atom. The van der Waals surface area contributed by atoms with Gasteiger partial charge in [-0.15, -0.1) is 0 Å². The summed E-state index contributed by atoms with van der Waals surface area (Å²) in [6, 6.07) is 64.7. The van der Waals surface area contributed by atoms with Crippen molar-refractivity contribution in [2.75, 3.05) is 9.80 Å². The molecule has 0 heterocycles. The zero-order valence-corrected chi connectivity index (χ0v) is 32.1. The summed E-state index contributed by atoms with van der Waals surface area (Å²) in [5.74, 6) is 0. The topological polar surface area (TPSA) is 6.48 Å². The Kier molecular flexibility index (Phi) is 7.87. The quantitative estimate of drug-likeness (QED) is 0.153. The smallest absolute Gasteiger partial charge is 0.0784 e. The Balaban J connectivity index is 1.26. The minimum Gasteiger partial charge on any atom is -0.310 e. The molecule has 1 aliphatic rings. The molecule has 0 saturated carbocycles. The van der Waals surface area contributed by atoms with Crippen LogP contribution in [0.25, 0.3) is 32.7 Å². The van der Waals surface area contributed by atoms with Crippen molar-refractivity contribution in [1.82, 2.24) is 0 Å². The Morgan fingerprint density at radius 2 is 0.868 bits per heavy atom. The molecule has 0 aromatic heterocycles. The zero-order valence-electron chi connectivity index (χ0n) is 31.1. The first-order valence-electron chi connectivity index (χ1n) is 18.7. The number of hydrogen-bond donors (Lipinski definition) is 0. The Hall–Kier alpha value is -5.90. The van der Waals surface area contributed by atoms with E-state index in [4.69, 9.17) is 0 Å². The summed E-state index contributed by atoms with van der Waals surface area (Å²) < 4.78 is 0. The van der Waals surface area contributed by atoms with Crippen LogP contribution in [0.3, 0.4) is 0 Å². The lowest BCUT2D eigenvalue weighted by Gasteiger charge is -2.31. The summed E-state index contributed by atoms with van der Waals surface area (Å²) in [6.45, 7) is 12.1. The van der Waals surface area contributed by atoms with Crippen molar-refractivity contribution in [1.29, 1.82) is 0 Å². The molecule has 0 fully saturated rings. The van der Waals surface area contributed by atoms with Gasteiger partial charge in [-0.3, -0.25) is 0 Å². The van der Waals surface area contributed by atoms with Gasteiger partial charge in [-0.1, -0.05) is 154 Å². The zero-order chi connectivity index (χ0) is 36.3. The number of rotatable bonds is 7.